The van der Waals surface area contributed by atoms with Crippen molar-refractivity contribution >= 4 is 51.1 Å². The summed E-state index contributed by atoms with van der Waals surface area (Å²) in [5.41, 5.74) is 1.24. The number of aliphatic carboxylic acids is 1. The fourth-order valence-corrected chi connectivity index (χ4v) is 2.03. The molecule has 1 rings (SSSR count). The summed E-state index contributed by atoms with van der Waals surface area (Å²) in [7, 11) is 0. The zero-order chi connectivity index (χ0) is 15.3. The number of anilines is 1. The van der Waals surface area contributed by atoms with Crippen LogP contribution >= 0.6 is 27.5 Å². The van der Waals surface area contributed by atoms with Gasteiger partial charge in [0.05, 0.1) is 12.1 Å². The van der Waals surface area contributed by atoms with Crippen LogP contribution in [0.5, 0.6) is 0 Å². The number of hydrogen-bond donors (Lipinski definition) is 3. The van der Waals surface area contributed by atoms with E-state index in [1.165, 1.54) is 0 Å². The number of rotatable bonds is 4. The Balaban J connectivity index is 2.61. The first-order valence-electron chi connectivity index (χ1n) is 5.58. The van der Waals surface area contributed by atoms with Crippen LogP contribution in [-0.2, 0) is 9.59 Å². The molecular formula is C12H12BrClN2O4. The van der Waals surface area contributed by atoms with E-state index in [0.29, 0.717) is 15.2 Å². The van der Waals surface area contributed by atoms with Crippen LogP contribution in [0.4, 0.5) is 10.5 Å². The third-order valence-corrected chi connectivity index (χ3v) is 3.38. The molecule has 3 N–H and O–H groups in total. The highest BCUT2D eigenvalue weighted by Gasteiger charge is 2.12. The van der Waals surface area contributed by atoms with Crippen LogP contribution in [0.1, 0.15) is 18.4 Å². The number of nitrogens with one attached hydrogen (secondary N) is 2. The molecule has 0 unspecified atom stereocenters. The second-order valence-electron chi connectivity index (χ2n) is 3.98. The molecule has 1 aromatic carbocycles. The summed E-state index contributed by atoms with van der Waals surface area (Å²) in [6.07, 6.45) is -0.599. The molecule has 0 spiro atoms. The molecule has 108 valence electrons. The summed E-state index contributed by atoms with van der Waals surface area (Å²) in [6, 6.07) is 2.52. The fraction of sp³-hybridized carbons (Fsp3) is 0.250. The number of urea groups is 1. The van der Waals surface area contributed by atoms with Gasteiger partial charge in [0.15, 0.2) is 0 Å². The minimum atomic E-state index is -1.10. The van der Waals surface area contributed by atoms with E-state index >= 15 is 0 Å². The lowest BCUT2D eigenvalue weighted by Crippen LogP contribution is -2.34. The number of aryl methyl sites for hydroxylation is 1. The highest BCUT2D eigenvalue weighted by Crippen LogP contribution is 2.28. The Morgan fingerprint density at radius 3 is 2.55 bits per heavy atom. The molecule has 0 atom stereocenters. The van der Waals surface area contributed by atoms with Gasteiger partial charge >= 0.3 is 12.0 Å². The molecule has 0 saturated carbocycles. The molecule has 0 bridgehead atoms. The molecular weight excluding hydrogens is 351 g/mol. The van der Waals surface area contributed by atoms with Crippen molar-refractivity contribution in [2.24, 2.45) is 0 Å². The normalized spacial score (nSPS) is 9.95. The van der Waals surface area contributed by atoms with Crippen LogP contribution < -0.4 is 10.6 Å². The van der Waals surface area contributed by atoms with Crippen molar-refractivity contribution in [3.63, 3.8) is 0 Å². The van der Waals surface area contributed by atoms with E-state index in [-0.39, 0.29) is 12.8 Å². The van der Waals surface area contributed by atoms with E-state index in [1.807, 2.05) is 12.2 Å². The summed E-state index contributed by atoms with van der Waals surface area (Å²) >= 11 is 9.20. The standard InChI is InChI=1S/C12H12BrClN2O4/c1-6-4-7(13)9(5-8(6)14)15-12(20)16-10(17)2-3-11(18)19/h4-5H,2-3H2,1H3,(H,18,19)(H2,15,16,17,20). The van der Waals surface area contributed by atoms with Gasteiger partial charge in [-0.15, -0.1) is 0 Å². The fourth-order valence-electron chi connectivity index (χ4n) is 1.31. The lowest BCUT2D eigenvalue weighted by molar-refractivity contribution is -0.138. The van der Waals surface area contributed by atoms with E-state index in [4.69, 9.17) is 16.7 Å². The van der Waals surface area contributed by atoms with Gasteiger partial charge in [-0.25, -0.2) is 4.79 Å². The zero-order valence-corrected chi connectivity index (χ0v) is 12.8. The maximum absolute atomic E-state index is 11.6. The Kier molecular flexibility index (Phi) is 5.97. The largest absolute Gasteiger partial charge is 0.481 e. The molecule has 0 heterocycles. The molecule has 0 aliphatic rings. The number of amides is 3. The van der Waals surface area contributed by atoms with Gasteiger partial charge in [-0.1, -0.05) is 11.6 Å². The van der Waals surface area contributed by atoms with Crippen molar-refractivity contribution in [3.05, 3.63) is 27.2 Å². The Labute approximate surface area is 128 Å². The van der Waals surface area contributed by atoms with Crippen LogP contribution in [0.2, 0.25) is 5.02 Å². The highest BCUT2D eigenvalue weighted by molar-refractivity contribution is 9.10. The number of carbonyl (C=O) groups excluding carboxylic acids is 2. The molecule has 1 aromatic rings. The maximum atomic E-state index is 11.6. The zero-order valence-electron chi connectivity index (χ0n) is 10.5. The van der Waals surface area contributed by atoms with Crippen LogP contribution in [0.15, 0.2) is 16.6 Å². The van der Waals surface area contributed by atoms with Crippen molar-refractivity contribution in [1.29, 1.82) is 0 Å². The Morgan fingerprint density at radius 2 is 1.95 bits per heavy atom. The second kappa shape index (κ2) is 7.25. The van der Waals surface area contributed by atoms with E-state index in [9.17, 15) is 14.4 Å². The number of carbonyl (C=O) groups is 3. The number of benzene rings is 1. The maximum Gasteiger partial charge on any atom is 0.325 e. The highest BCUT2D eigenvalue weighted by atomic mass is 79.9. The lowest BCUT2D eigenvalue weighted by Gasteiger charge is -2.10. The van der Waals surface area contributed by atoms with E-state index < -0.39 is 17.9 Å². The minimum Gasteiger partial charge on any atom is -0.481 e. The van der Waals surface area contributed by atoms with Gasteiger partial charge in [-0.05, 0) is 40.5 Å². The summed E-state index contributed by atoms with van der Waals surface area (Å²) < 4.78 is 0.618. The SMILES string of the molecule is Cc1cc(Br)c(NC(=O)NC(=O)CCC(=O)O)cc1Cl. The molecule has 0 aromatic heterocycles. The van der Waals surface area contributed by atoms with Crippen molar-refractivity contribution < 1.29 is 19.5 Å². The predicted octanol–water partition coefficient (Wildman–Crippen LogP) is 2.92. The van der Waals surface area contributed by atoms with Crippen LogP contribution in [0.3, 0.4) is 0 Å². The molecule has 3 amide bonds. The first kappa shape index (κ1) is 16.5. The van der Waals surface area contributed by atoms with Crippen molar-refractivity contribution in [3.8, 4) is 0 Å². The smallest absolute Gasteiger partial charge is 0.325 e. The van der Waals surface area contributed by atoms with Crippen molar-refractivity contribution in [2.75, 3.05) is 5.32 Å². The van der Waals surface area contributed by atoms with Crippen LogP contribution in [0, 0.1) is 6.92 Å². The number of carboxylic acids is 1. The monoisotopic (exact) mass is 362 g/mol. The summed E-state index contributed by atoms with van der Waals surface area (Å²) in [6.45, 7) is 1.81. The molecule has 0 fully saturated rings. The number of hydrogen-bond acceptors (Lipinski definition) is 3. The Hall–Kier alpha value is -1.60. The third kappa shape index (κ3) is 5.18. The van der Waals surface area contributed by atoms with Gasteiger partial charge in [-0.2, -0.15) is 0 Å². The van der Waals surface area contributed by atoms with Gasteiger partial charge in [0.2, 0.25) is 5.91 Å². The van der Waals surface area contributed by atoms with Crippen LogP contribution in [-0.4, -0.2) is 23.0 Å². The molecule has 20 heavy (non-hydrogen) atoms. The quantitative estimate of drug-likeness (QED) is 0.766. The number of carboxylic acid groups (broad SMARTS) is 1. The van der Waals surface area contributed by atoms with Gasteiger partial charge in [0.25, 0.3) is 0 Å². The molecule has 0 aliphatic heterocycles. The minimum absolute atomic E-state index is 0.265. The number of halogens is 2. The Bertz CT molecular complexity index is 563. The molecule has 0 saturated heterocycles. The topological polar surface area (TPSA) is 95.5 Å². The van der Waals surface area contributed by atoms with Gasteiger partial charge in [0, 0.05) is 15.9 Å². The van der Waals surface area contributed by atoms with Crippen molar-refractivity contribution in [1.82, 2.24) is 5.32 Å². The van der Waals surface area contributed by atoms with Crippen molar-refractivity contribution in [2.45, 2.75) is 19.8 Å². The molecule has 6 nitrogen and oxygen atoms in total. The molecule has 8 heteroatoms. The summed E-state index contributed by atoms with van der Waals surface area (Å²) in [5, 5.41) is 13.4. The predicted molar refractivity (Wildman–Crippen MR) is 77.9 cm³/mol. The third-order valence-electron chi connectivity index (χ3n) is 2.32. The van der Waals surface area contributed by atoms with E-state index in [2.05, 4.69) is 21.2 Å². The second-order valence-corrected chi connectivity index (χ2v) is 5.24. The summed E-state index contributed by atoms with van der Waals surface area (Å²) in [4.78, 5) is 33.1. The van der Waals surface area contributed by atoms with Gasteiger partial charge in [-0.3, -0.25) is 14.9 Å². The first-order chi connectivity index (χ1) is 9.29. The molecule has 0 aliphatic carbocycles. The van der Waals surface area contributed by atoms with E-state index in [1.54, 1.807) is 12.1 Å². The van der Waals surface area contributed by atoms with Gasteiger partial charge in [0.1, 0.15) is 0 Å². The summed E-state index contributed by atoms with van der Waals surface area (Å²) in [5.74, 6) is -1.77. The number of imide groups is 1. The lowest BCUT2D eigenvalue weighted by atomic mass is 10.2. The molecule has 0 radical (unpaired) electrons. The van der Waals surface area contributed by atoms with E-state index in [0.717, 1.165) is 5.56 Å². The average Bonchev–Trinajstić information content (AvgIpc) is 2.33. The first-order valence-corrected chi connectivity index (χ1v) is 6.75. The average molecular weight is 364 g/mol. The van der Waals surface area contributed by atoms with Crippen LogP contribution in [0.25, 0.3) is 0 Å². The Morgan fingerprint density at radius 1 is 1.30 bits per heavy atom. The van der Waals surface area contributed by atoms with Gasteiger partial charge < -0.3 is 10.4 Å².